The molecule has 0 aromatic heterocycles. The zero-order valence-electron chi connectivity index (χ0n) is 15.7. The van der Waals surface area contributed by atoms with E-state index < -0.39 is 0 Å². The first-order chi connectivity index (χ1) is 12.8. The van der Waals surface area contributed by atoms with Gasteiger partial charge < -0.3 is 10.1 Å². The summed E-state index contributed by atoms with van der Waals surface area (Å²) in [6.45, 7) is 6.52. The largest absolute Gasteiger partial charge is 0.494 e. The first kappa shape index (κ1) is 19.5. The molecule has 3 rings (SSSR count). The molecule has 1 aliphatic rings. The van der Waals surface area contributed by atoms with Gasteiger partial charge in [0.15, 0.2) is 5.17 Å². The van der Waals surface area contributed by atoms with E-state index in [-0.39, 0.29) is 11.3 Å². The van der Waals surface area contributed by atoms with Gasteiger partial charge in [0.2, 0.25) is 0 Å². The highest BCUT2D eigenvalue weighted by atomic mass is 35.5. The standard InChI is InChI=1S/C21H21ClN2O2S/c1-21(2,3)14-7-5-13(6-8-14)11-18-19(25)24-20(27-18)23-16-12-15(22)9-10-17(16)26-4/h5-12H,1-4H3,(H,23,24,25)/b18-11-. The van der Waals surface area contributed by atoms with Crippen molar-refractivity contribution in [3.8, 4) is 5.75 Å². The van der Waals surface area contributed by atoms with E-state index in [9.17, 15) is 4.79 Å². The van der Waals surface area contributed by atoms with Crippen LogP contribution in [0.2, 0.25) is 5.02 Å². The first-order valence-corrected chi connectivity index (χ1v) is 9.69. The fourth-order valence-electron chi connectivity index (χ4n) is 2.57. The number of thioether (sulfide) groups is 1. The molecule has 0 spiro atoms. The molecule has 1 N–H and O–H groups in total. The third kappa shape index (κ3) is 4.73. The molecular formula is C21H21ClN2O2S. The van der Waals surface area contributed by atoms with Crippen molar-refractivity contribution < 1.29 is 9.53 Å². The summed E-state index contributed by atoms with van der Waals surface area (Å²) in [6.07, 6.45) is 1.87. The van der Waals surface area contributed by atoms with E-state index in [1.807, 2.05) is 18.2 Å². The molecule has 1 heterocycles. The lowest BCUT2D eigenvalue weighted by Gasteiger charge is -2.18. The van der Waals surface area contributed by atoms with Gasteiger partial charge in [-0.25, -0.2) is 4.99 Å². The average Bonchev–Trinajstić information content (AvgIpc) is 2.94. The smallest absolute Gasteiger partial charge is 0.264 e. The zero-order chi connectivity index (χ0) is 19.6. The van der Waals surface area contributed by atoms with E-state index in [4.69, 9.17) is 16.3 Å². The lowest BCUT2D eigenvalue weighted by atomic mass is 9.87. The van der Waals surface area contributed by atoms with Gasteiger partial charge in [0.25, 0.3) is 5.91 Å². The molecule has 0 atom stereocenters. The second kappa shape index (κ2) is 7.79. The molecule has 1 fully saturated rings. The van der Waals surface area contributed by atoms with Gasteiger partial charge in [-0.2, -0.15) is 0 Å². The maximum absolute atomic E-state index is 12.3. The molecule has 140 valence electrons. The van der Waals surface area contributed by atoms with Crippen molar-refractivity contribution in [3.63, 3.8) is 0 Å². The van der Waals surface area contributed by atoms with Crippen molar-refractivity contribution in [2.45, 2.75) is 26.2 Å². The molecule has 1 aliphatic heterocycles. The van der Waals surface area contributed by atoms with Crippen LogP contribution in [-0.2, 0) is 10.2 Å². The van der Waals surface area contributed by atoms with E-state index in [1.54, 1.807) is 25.3 Å². The monoisotopic (exact) mass is 400 g/mol. The third-order valence-electron chi connectivity index (χ3n) is 4.09. The molecule has 1 amide bonds. The number of aliphatic imine (C=N–C) groups is 1. The minimum atomic E-state index is -0.167. The number of nitrogens with one attached hydrogen (secondary N) is 1. The van der Waals surface area contributed by atoms with Crippen molar-refractivity contribution in [2.75, 3.05) is 7.11 Å². The van der Waals surface area contributed by atoms with E-state index in [0.717, 1.165) is 5.56 Å². The quantitative estimate of drug-likeness (QED) is 0.688. The Kier molecular flexibility index (Phi) is 5.63. The summed E-state index contributed by atoms with van der Waals surface area (Å²) in [5.74, 6) is 0.427. The van der Waals surface area contributed by atoms with Crippen LogP contribution in [0.25, 0.3) is 6.08 Å². The molecule has 2 aromatic rings. The Morgan fingerprint density at radius 1 is 1.15 bits per heavy atom. The van der Waals surface area contributed by atoms with Gasteiger partial charge in [-0.15, -0.1) is 0 Å². The van der Waals surface area contributed by atoms with Gasteiger partial charge >= 0.3 is 0 Å². The van der Waals surface area contributed by atoms with Crippen molar-refractivity contribution in [1.82, 2.24) is 5.32 Å². The van der Waals surface area contributed by atoms with Crippen LogP contribution >= 0.6 is 23.4 Å². The summed E-state index contributed by atoms with van der Waals surface area (Å²) in [5.41, 5.74) is 2.90. The third-order valence-corrected chi connectivity index (χ3v) is 5.23. The van der Waals surface area contributed by atoms with Gasteiger partial charge in [0, 0.05) is 5.02 Å². The van der Waals surface area contributed by atoms with E-state index in [0.29, 0.717) is 26.5 Å². The summed E-state index contributed by atoms with van der Waals surface area (Å²) in [6, 6.07) is 13.4. The van der Waals surface area contributed by atoms with E-state index >= 15 is 0 Å². The molecule has 4 nitrogen and oxygen atoms in total. The number of carbonyl (C=O) groups excluding carboxylic acids is 1. The number of ether oxygens (including phenoxy) is 1. The Balaban J connectivity index is 1.83. The van der Waals surface area contributed by atoms with Crippen LogP contribution in [0.1, 0.15) is 31.9 Å². The van der Waals surface area contributed by atoms with Gasteiger partial charge in [-0.3, -0.25) is 4.79 Å². The number of nitrogens with zero attached hydrogens (tertiary/aromatic N) is 1. The highest BCUT2D eigenvalue weighted by Crippen LogP contribution is 2.34. The van der Waals surface area contributed by atoms with Gasteiger partial charge in [0.1, 0.15) is 11.4 Å². The number of amidine groups is 1. The van der Waals surface area contributed by atoms with Crippen LogP contribution in [0.15, 0.2) is 52.4 Å². The number of amides is 1. The summed E-state index contributed by atoms with van der Waals surface area (Å²) < 4.78 is 5.30. The van der Waals surface area contributed by atoms with E-state index in [2.05, 4.69) is 43.2 Å². The lowest BCUT2D eigenvalue weighted by molar-refractivity contribution is -0.115. The van der Waals surface area contributed by atoms with Crippen LogP contribution < -0.4 is 10.1 Å². The SMILES string of the molecule is COc1ccc(Cl)cc1N=C1NC(=O)/C(=C/c2ccc(C(C)(C)C)cc2)S1. The summed E-state index contributed by atoms with van der Waals surface area (Å²) in [7, 11) is 1.57. The van der Waals surface area contributed by atoms with Gasteiger partial charge in [0.05, 0.1) is 12.0 Å². The Bertz CT molecular complexity index is 928. The molecule has 0 bridgehead atoms. The highest BCUT2D eigenvalue weighted by Gasteiger charge is 2.24. The number of benzene rings is 2. The van der Waals surface area contributed by atoms with Gasteiger partial charge in [-0.05, 0) is 52.6 Å². The first-order valence-electron chi connectivity index (χ1n) is 8.50. The van der Waals surface area contributed by atoms with E-state index in [1.165, 1.54) is 17.3 Å². The zero-order valence-corrected chi connectivity index (χ0v) is 17.2. The predicted octanol–water partition coefficient (Wildman–Crippen LogP) is 5.54. The minimum absolute atomic E-state index is 0.0982. The molecule has 0 radical (unpaired) electrons. The summed E-state index contributed by atoms with van der Waals surface area (Å²) >= 11 is 7.33. The van der Waals surface area contributed by atoms with Crippen LogP contribution in [0.4, 0.5) is 5.69 Å². The number of methoxy groups -OCH3 is 1. The number of carbonyl (C=O) groups is 1. The number of hydrogen-bond acceptors (Lipinski definition) is 4. The normalized spacial score (nSPS) is 17.4. The number of halogens is 1. The van der Waals surface area contributed by atoms with Gasteiger partial charge in [-0.1, -0.05) is 56.6 Å². The van der Waals surface area contributed by atoms with Crippen molar-refractivity contribution in [3.05, 3.63) is 63.5 Å². The molecule has 0 saturated carbocycles. The number of hydrogen-bond donors (Lipinski definition) is 1. The molecule has 1 saturated heterocycles. The van der Waals surface area contributed by atoms with Crippen molar-refractivity contribution in [1.29, 1.82) is 0 Å². The summed E-state index contributed by atoms with van der Waals surface area (Å²) in [5, 5.41) is 3.84. The predicted molar refractivity (Wildman–Crippen MR) is 114 cm³/mol. The maximum Gasteiger partial charge on any atom is 0.264 e. The molecule has 0 unspecified atom stereocenters. The minimum Gasteiger partial charge on any atom is -0.494 e. The Hall–Kier alpha value is -2.24. The van der Waals surface area contributed by atoms with Crippen molar-refractivity contribution in [2.24, 2.45) is 4.99 Å². The average molecular weight is 401 g/mol. The molecular weight excluding hydrogens is 380 g/mol. The van der Waals surface area contributed by atoms with Crippen LogP contribution in [-0.4, -0.2) is 18.2 Å². The molecule has 2 aromatic carbocycles. The maximum atomic E-state index is 12.3. The Labute approximate surface area is 168 Å². The topological polar surface area (TPSA) is 50.7 Å². The molecule has 27 heavy (non-hydrogen) atoms. The second-order valence-corrected chi connectivity index (χ2v) is 8.64. The number of rotatable bonds is 3. The van der Waals surface area contributed by atoms with Crippen LogP contribution in [0, 0.1) is 0 Å². The van der Waals surface area contributed by atoms with Crippen LogP contribution in [0.5, 0.6) is 5.75 Å². The molecule has 0 aliphatic carbocycles. The Morgan fingerprint density at radius 3 is 2.48 bits per heavy atom. The second-order valence-electron chi connectivity index (χ2n) is 7.17. The fourth-order valence-corrected chi connectivity index (χ4v) is 3.57. The van der Waals surface area contributed by atoms with Crippen LogP contribution in [0.3, 0.4) is 0 Å². The highest BCUT2D eigenvalue weighted by molar-refractivity contribution is 8.18. The Morgan fingerprint density at radius 2 is 1.85 bits per heavy atom. The fraction of sp³-hybridized carbons (Fsp3) is 0.238. The molecule has 6 heteroatoms. The lowest BCUT2D eigenvalue weighted by Crippen LogP contribution is -2.19. The summed E-state index contributed by atoms with van der Waals surface area (Å²) in [4.78, 5) is 17.4. The van der Waals surface area contributed by atoms with Crippen molar-refractivity contribution >= 4 is 46.2 Å².